The average molecular weight is 400 g/mol. The van der Waals surface area contributed by atoms with E-state index >= 15 is 0 Å². The quantitative estimate of drug-likeness (QED) is 0.553. The van der Waals surface area contributed by atoms with E-state index in [0.717, 1.165) is 22.7 Å². The van der Waals surface area contributed by atoms with Crippen molar-refractivity contribution in [2.75, 3.05) is 13.7 Å². The minimum Gasteiger partial charge on any atom is -0.497 e. The van der Waals surface area contributed by atoms with Crippen LogP contribution in [-0.4, -0.2) is 39.4 Å². The molecule has 0 fully saturated rings. The molecule has 1 atom stereocenters. The maximum Gasteiger partial charge on any atom is 0.256 e. The zero-order valence-electron chi connectivity index (χ0n) is 16.4. The summed E-state index contributed by atoms with van der Waals surface area (Å²) in [6, 6.07) is 15.0. The van der Waals surface area contributed by atoms with Crippen molar-refractivity contribution in [1.82, 2.24) is 19.9 Å². The number of nitrogens with zero attached hydrogens (tertiary/aromatic N) is 2. The highest BCUT2D eigenvalue weighted by atomic mass is 16.5. The molecule has 1 unspecified atom stereocenters. The van der Waals surface area contributed by atoms with Gasteiger partial charge in [0.25, 0.3) is 11.5 Å². The minimum atomic E-state index is -0.201. The fraction of sp³-hybridized carbons (Fsp3) is 0.174. The number of amides is 1. The van der Waals surface area contributed by atoms with E-state index in [1.54, 1.807) is 30.5 Å². The second-order valence-corrected chi connectivity index (χ2v) is 7.35. The van der Waals surface area contributed by atoms with Crippen molar-refractivity contribution in [2.24, 2.45) is 0 Å². The van der Waals surface area contributed by atoms with Crippen molar-refractivity contribution in [1.29, 1.82) is 0 Å². The molecule has 0 radical (unpaired) electrons. The lowest BCUT2D eigenvalue weighted by molar-refractivity contribution is 0.0723. The number of ether oxygens (including phenoxy) is 1. The molecule has 150 valence electrons. The minimum absolute atomic E-state index is 0.0520. The van der Waals surface area contributed by atoms with Gasteiger partial charge in [0.05, 0.1) is 36.9 Å². The van der Waals surface area contributed by atoms with Gasteiger partial charge in [0.1, 0.15) is 5.75 Å². The number of fused-ring (bicyclic) bond motifs is 2. The Labute approximate surface area is 172 Å². The highest BCUT2D eigenvalue weighted by molar-refractivity contribution is 6.06. The van der Waals surface area contributed by atoms with Gasteiger partial charge < -0.3 is 19.6 Å². The molecule has 0 bridgehead atoms. The summed E-state index contributed by atoms with van der Waals surface area (Å²) in [4.78, 5) is 37.8. The number of nitrogens with one attached hydrogen (secondary N) is 2. The molecule has 7 heteroatoms. The van der Waals surface area contributed by atoms with Gasteiger partial charge >= 0.3 is 0 Å². The van der Waals surface area contributed by atoms with Gasteiger partial charge in [-0.2, -0.15) is 0 Å². The second-order valence-electron chi connectivity index (χ2n) is 7.35. The molecule has 0 saturated heterocycles. The maximum atomic E-state index is 13.5. The highest BCUT2D eigenvalue weighted by Crippen LogP contribution is 2.33. The normalized spacial score (nSPS) is 15.8. The molecule has 0 saturated carbocycles. The Morgan fingerprint density at radius 3 is 2.63 bits per heavy atom. The van der Waals surface area contributed by atoms with Crippen molar-refractivity contribution in [3.63, 3.8) is 0 Å². The zero-order chi connectivity index (χ0) is 20.7. The molecule has 0 aliphatic carbocycles. The zero-order valence-corrected chi connectivity index (χ0v) is 16.4. The molecule has 1 amide bonds. The molecule has 30 heavy (non-hydrogen) atoms. The number of aromatic nitrogens is 3. The summed E-state index contributed by atoms with van der Waals surface area (Å²) >= 11 is 0. The molecule has 4 aromatic rings. The summed E-state index contributed by atoms with van der Waals surface area (Å²) < 4.78 is 5.26. The third kappa shape index (κ3) is 2.95. The fourth-order valence-corrected chi connectivity index (χ4v) is 4.13. The van der Waals surface area contributed by atoms with Crippen LogP contribution >= 0.6 is 0 Å². The van der Waals surface area contributed by atoms with Crippen LogP contribution in [0.5, 0.6) is 5.75 Å². The van der Waals surface area contributed by atoms with Gasteiger partial charge in [-0.25, -0.2) is 4.98 Å². The number of hydrogen-bond acceptors (Lipinski definition) is 4. The summed E-state index contributed by atoms with van der Waals surface area (Å²) in [5.41, 5.74) is 3.22. The largest absolute Gasteiger partial charge is 0.497 e. The summed E-state index contributed by atoms with van der Waals surface area (Å²) in [5.74, 6) is 0.606. The van der Waals surface area contributed by atoms with E-state index in [0.29, 0.717) is 29.4 Å². The number of carbonyl (C=O) groups excluding carboxylic acids is 1. The molecule has 3 heterocycles. The van der Waals surface area contributed by atoms with Gasteiger partial charge in [0.2, 0.25) is 0 Å². The Kier molecular flexibility index (Phi) is 4.35. The standard InChI is InChI=1S/C23H20N4O3/c1-30-15-8-6-14(7-9-15)19-11-27(12-20-21(19)26-13-25-20)23(29)18-10-24-22(28)17-5-3-2-4-16(17)18/h2-10,13,19H,11-12H2,1H3,(H,24,28)(H,25,26). The average Bonchev–Trinajstić information content (AvgIpc) is 3.27. The third-order valence-corrected chi connectivity index (χ3v) is 5.68. The molecule has 2 N–H and O–H groups in total. The van der Waals surface area contributed by atoms with Gasteiger partial charge in [-0.1, -0.05) is 30.3 Å². The summed E-state index contributed by atoms with van der Waals surface area (Å²) in [6.45, 7) is 0.935. The SMILES string of the molecule is COc1ccc(C2CN(C(=O)c3c[nH]c(=O)c4ccccc34)Cc3[nH]cnc32)cc1. The van der Waals surface area contributed by atoms with E-state index in [1.165, 1.54) is 6.20 Å². The second kappa shape index (κ2) is 7.18. The van der Waals surface area contributed by atoms with Crippen LogP contribution in [-0.2, 0) is 6.54 Å². The van der Waals surface area contributed by atoms with E-state index in [-0.39, 0.29) is 17.4 Å². The van der Waals surface area contributed by atoms with Crippen LogP contribution < -0.4 is 10.3 Å². The lowest BCUT2D eigenvalue weighted by Gasteiger charge is -2.32. The van der Waals surface area contributed by atoms with Crippen LogP contribution in [0.25, 0.3) is 10.8 Å². The first kappa shape index (κ1) is 18.2. The van der Waals surface area contributed by atoms with Gasteiger partial charge in [0, 0.05) is 29.4 Å². The molecule has 5 rings (SSSR count). The molecule has 1 aliphatic heterocycles. The van der Waals surface area contributed by atoms with Crippen LogP contribution in [0.4, 0.5) is 0 Å². The third-order valence-electron chi connectivity index (χ3n) is 5.68. The number of carbonyl (C=O) groups is 1. The summed E-state index contributed by atoms with van der Waals surface area (Å²) in [7, 11) is 1.64. The first-order chi connectivity index (χ1) is 14.7. The monoisotopic (exact) mass is 400 g/mol. The number of hydrogen-bond donors (Lipinski definition) is 2. The lowest BCUT2D eigenvalue weighted by Crippen LogP contribution is -2.39. The number of rotatable bonds is 3. The molecule has 7 nitrogen and oxygen atoms in total. The van der Waals surface area contributed by atoms with Crippen LogP contribution in [0.3, 0.4) is 0 Å². The molecule has 0 spiro atoms. The number of aromatic amines is 2. The smallest absolute Gasteiger partial charge is 0.256 e. The van der Waals surface area contributed by atoms with Crippen LogP contribution in [0.15, 0.2) is 65.8 Å². The molecule has 2 aromatic heterocycles. The number of pyridine rings is 1. The van der Waals surface area contributed by atoms with Crippen molar-refractivity contribution < 1.29 is 9.53 Å². The molecular formula is C23H20N4O3. The van der Waals surface area contributed by atoms with E-state index in [9.17, 15) is 9.59 Å². The Balaban J connectivity index is 1.54. The number of methoxy groups -OCH3 is 1. The van der Waals surface area contributed by atoms with Crippen molar-refractivity contribution in [2.45, 2.75) is 12.5 Å². The van der Waals surface area contributed by atoms with Crippen LogP contribution in [0.2, 0.25) is 0 Å². The summed E-state index contributed by atoms with van der Waals surface area (Å²) in [5, 5.41) is 1.16. The van der Waals surface area contributed by atoms with E-state index < -0.39 is 0 Å². The van der Waals surface area contributed by atoms with Crippen LogP contribution in [0.1, 0.15) is 33.2 Å². The highest BCUT2D eigenvalue weighted by Gasteiger charge is 2.32. The van der Waals surface area contributed by atoms with Gasteiger partial charge in [-0.05, 0) is 23.8 Å². The number of H-pyrrole nitrogens is 2. The van der Waals surface area contributed by atoms with Gasteiger partial charge in [-0.15, -0.1) is 0 Å². The van der Waals surface area contributed by atoms with Crippen molar-refractivity contribution >= 4 is 16.7 Å². The van der Waals surface area contributed by atoms with Gasteiger partial charge in [-0.3, -0.25) is 9.59 Å². The first-order valence-corrected chi connectivity index (χ1v) is 9.71. The molecule has 2 aromatic carbocycles. The predicted molar refractivity (Wildman–Crippen MR) is 113 cm³/mol. The molecular weight excluding hydrogens is 380 g/mol. The Hall–Kier alpha value is -3.87. The van der Waals surface area contributed by atoms with Crippen molar-refractivity contribution in [3.8, 4) is 5.75 Å². The fourth-order valence-electron chi connectivity index (χ4n) is 4.13. The first-order valence-electron chi connectivity index (χ1n) is 9.71. The van der Waals surface area contributed by atoms with E-state index in [1.807, 2.05) is 36.4 Å². The molecule has 1 aliphatic rings. The Morgan fingerprint density at radius 2 is 1.87 bits per heavy atom. The lowest BCUT2D eigenvalue weighted by atomic mass is 9.90. The van der Waals surface area contributed by atoms with E-state index in [2.05, 4.69) is 15.0 Å². The Bertz CT molecular complexity index is 1290. The number of imidazole rings is 1. The van der Waals surface area contributed by atoms with Crippen molar-refractivity contribution in [3.05, 3.63) is 93.9 Å². The van der Waals surface area contributed by atoms with Crippen LogP contribution in [0, 0.1) is 0 Å². The van der Waals surface area contributed by atoms with E-state index in [4.69, 9.17) is 4.74 Å². The topological polar surface area (TPSA) is 91.1 Å². The van der Waals surface area contributed by atoms with Gasteiger partial charge in [0.15, 0.2) is 0 Å². The summed E-state index contributed by atoms with van der Waals surface area (Å²) in [6.07, 6.45) is 3.18. The Morgan fingerprint density at radius 1 is 1.10 bits per heavy atom. The predicted octanol–water partition coefficient (Wildman–Crippen LogP) is 3.05. The number of benzene rings is 2. The maximum absolute atomic E-state index is 13.5.